The van der Waals surface area contributed by atoms with E-state index in [0.717, 1.165) is 13.0 Å². The third-order valence-electron chi connectivity index (χ3n) is 3.23. The molecule has 1 fully saturated rings. The molecule has 2 rings (SSSR count). The molecule has 0 bridgehead atoms. The normalized spacial score (nSPS) is 22.6. The molecule has 1 aromatic rings. The van der Waals surface area contributed by atoms with Crippen LogP contribution >= 0.6 is 0 Å². The molecule has 1 unspecified atom stereocenters. The van der Waals surface area contributed by atoms with Crippen molar-refractivity contribution in [1.82, 2.24) is 4.90 Å². The van der Waals surface area contributed by atoms with Gasteiger partial charge in [0, 0.05) is 11.3 Å². The molecule has 4 heteroatoms. The second-order valence-corrected chi connectivity index (χ2v) is 4.38. The van der Waals surface area contributed by atoms with Gasteiger partial charge in [-0.1, -0.05) is 12.1 Å². The Kier molecular flexibility index (Phi) is 2.84. The van der Waals surface area contributed by atoms with Crippen LogP contribution in [0.1, 0.15) is 18.4 Å². The Balaban J connectivity index is 2.27. The van der Waals surface area contributed by atoms with Crippen molar-refractivity contribution < 1.29 is 8.78 Å². The topological polar surface area (TPSA) is 29.3 Å². The van der Waals surface area contributed by atoms with E-state index in [-0.39, 0.29) is 5.56 Å². The number of nitrogens with two attached hydrogens (primary N) is 1. The van der Waals surface area contributed by atoms with Crippen LogP contribution in [0, 0.1) is 0 Å². The number of benzene rings is 1. The highest BCUT2D eigenvalue weighted by Crippen LogP contribution is 2.39. The molecule has 2 nitrogen and oxygen atoms in total. The molecule has 88 valence electrons. The predicted octanol–water partition coefficient (Wildman–Crippen LogP) is 2.45. The van der Waals surface area contributed by atoms with Crippen LogP contribution in [0.25, 0.3) is 0 Å². The molecule has 0 radical (unpaired) electrons. The van der Waals surface area contributed by atoms with Crippen molar-refractivity contribution in [2.45, 2.75) is 24.8 Å². The van der Waals surface area contributed by atoms with Gasteiger partial charge < -0.3 is 5.73 Å². The van der Waals surface area contributed by atoms with Gasteiger partial charge >= 0.3 is 0 Å². The van der Waals surface area contributed by atoms with E-state index in [1.165, 1.54) is 24.3 Å². The minimum absolute atomic E-state index is 0.0560. The minimum atomic E-state index is -2.79. The van der Waals surface area contributed by atoms with Crippen molar-refractivity contribution >= 4 is 5.69 Å². The summed E-state index contributed by atoms with van der Waals surface area (Å²) in [6.45, 7) is 0.745. The summed E-state index contributed by atoms with van der Waals surface area (Å²) in [5.74, 6) is -2.79. The van der Waals surface area contributed by atoms with Gasteiger partial charge in [-0.2, -0.15) is 8.78 Å². The molecular formula is C12H16F2N2. The third kappa shape index (κ3) is 1.89. The lowest BCUT2D eigenvalue weighted by molar-refractivity contribution is -0.0695. The van der Waals surface area contributed by atoms with Crippen molar-refractivity contribution in [2.24, 2.45) is 0 Å². The fourth-order valence-corrected chi connectivity index (χ4v) is 2.27. The van der Waals surface area contributed by atoms with E-state index in [1.54, 1.807) is 11.9 Å². The van der Waals surface area contributed by atoms with Crippen LogP contribution < -0.4 is 5.73 Å². The fourth-order valence-electron chi connectivity index (χ4n) is 2.27. The summed E-state index contributed by atoms with van der Waals surface area (Å²) in [4.78, 5) is 1.73. The molecule has 1 atom stereocenters. The molecule has 1 aromatic carbocycles. The van der Waals surface area contributed by atoms with E-state index in [0.29, 0.717) is 12.1 Å². The average Bonchev–Trinajstić information content (AvgIpc) is 2.66. The zero-order valence-corrected chi connectivity index (χ0v) is 9.29. The lowest BCUT2D eigenvalue weighted by Gasteiger charge is -2.29. The number of rotatable bonds is 2. The van der Waals surface area contributed by atoms with E-state index < -0.39 is 12.0 Å². The van der Waals surface area contributed by atoms with E-state index in [2.05, 4.69) is 0 Å². The Morgan fingerprint density at radius 2 is 1.94 bits per heavy atom. The predicted molar refractivity (Wildman–Crippen MR) is 60.4 cm³/mol. The summed E-state index contributed by atoms with van der Waals surface area (Å²) in [6.07, 6.45) is 1.39. The molecule has 1 aliphatic heterocycles. The van der Waals surface area contributed by atoms with Crippen LogP contribution in [-0.4, -0.2) is 24.5 Å². The number of hydrogen-bond acceptors (Lipinski definition) is 2. The zero-order chi connectivity index (χ0) is 11.8. The fraction of sp³-hybridized carbons (Fsp3) is 0.500. The van der Waals surface area contributed by atoms with Gasteiger partial charge in [-0.3, -0.25) is 4.90 Å². The van der Waals surface area contributed by atoms with Crippen LogP contribution in [0.5, 0.6) is 0 Å². The molecule has 1 saturated heterocycles. The van der Waals surface area contributed by atoms with Crippen LogP contribution in [0.4, 0.5) is 14.5 Å². The summed E-state index contributed by atoms with van der Waals surface area (Å²) < 4.78 is 28.3. The maximum Gasteiger partial charge on any atom is 0.288 e. The highest BCUT2D eigenvalue weighted by atomic mass is 19.3. The van der Waals surface area contributed by atoms with Gasteiger partial charge in [-0.25, -0.2) is 0 Å². The number of alkyl halides is 2. The number of nitrogen functional groups attached to an aromatic ring is 1. The summed E-state index contributed by atoms with van der Waals surface area (Å²) in [6, 6.07) is 5.20. The Morgan fingerprint density at radius 1 is 1.31 bits per heavy atom. The lowest BCUT2D eigenvalue weighted by Crippen LogP contribution is -2.39. The molecule has 0 saturated carbocycles. The van der Waals surface area contributed by atoms with E-state index in [4.69, 9.17) is 5.73 Å². The van der Waals surface area contributed by atoms with E-state index in [9.17, 15) is 8.78 Å². The van der Waals surface area contributed by atoms with Gasteiger partial charge in [0.05, 0.1) is 6.04 Å². The van der Waals surface area contributed by atoms with Crippen molar-refractivity contribution in [3.63, 3.8) is 0 Å². The summed E-state index contributed by atoms with van der Waals surface area (Å²) >= 11 is 0. The number of nitrogens with zero attached hydrogens (tertiary/aromatic N) is 1. The monoisotopic (exact) mass is 226 g/mol. The third-order valence-corrected chi connectivity index (χ3v) is 3.23. The van der Waals surface area contributed by atoms with Crippen LogP contribution in [0.15, 0.2) is 24.3 Å². The van der Waals surface area contributed by atoms with Crippen molar-refractivity contribution in [2.75, 3.05) is 19.3 Å². The highest BCUT2D eigenvalue weighted by Gasteiger charge is 2.45. The molecule has 1 aliphatic rings. The van der Waals surface area contributed by atoms with Gasteiger partial charge in [-0.05, 0) is 38.6 Å². The largest absolute Gasteiger partial charge is 0.399 e. The molecule has 0 amide bonds. The maximum atomic E-state index is 14.2. The van der Waals surface area contributed by atoms with Gasteiger partial charge in [-0.15, -0.1) is 0 Å². The van der Waals surface area contributed by atoms with E-state index in [1.807, 2.05) is 0 Å². The number of anilines is 1. The smallest absolute Gasteiger partial charge is 0.288 e. The van der Waals surface area contributed by atoms with Crippen molar-refractivity contribution in [3.05, 3.63) is 29.8 Å². The quantitative estimate of drug-likeness (QED) is 0.785. The average molecular weight is 226 g/mol. The molecule has 1 heterocycles. The molecule has 0 aromatic heterocycles. The second kappa shape index (κ2) is 4.01. The second-order valence-electron chi connectivity index (χ2n) is 4.38. The molecule has 0 spiro atoms. The van der Waals surface area contributed by atoms with Crippen molar-refractivity contribution in [1.29, 1.82) is 0 Å². The summed E-state index contributed by atoms with van der Waals surface area (Å²) in [7, 11) is 1.75. The van der Waals surface area contributed by atoms with Gasteiger partial charge in [0.2, 0.25) is 0 Å². The highest BCUT2D eigenvalue weighted by molar-refractivity contribution is 5.40. The Labute approximate surface area is 94.0 Å². The van der Waals surface area contributed by atoms with Gasteiger partial charge in [0.15, 0.2) is 0 Å². The first kappa shape index (κ1) is 11.3. The molecule has 0 aliphatic carbocycles. The van der Waals surface area contributed by atoms with Gasteiger partial charge in [0.1, 0.15) is 0 Å². The number of halogens is 2. The summed E-state index contributed by atoms with van der Waals surface area (Å²) in [5, 5.41) is 0. The first-order valence-corrected chi connectivity index (χ1v) is 5.46. The van der Waals surface area contributed by atoms with Crippen LogP contribution in [0.2, 0.25) is 0 Å². The van der Waals surface area contributed by atoms with Crippen LogP contribution in [-0.2, 0) is 5.92 Å². The Bertz CT molecular complexity index is 362. The minimum Gasteiger partial charge on any atom is -0.399 e. The SMILES string of the molecule is CN1CCCC1C(F)(F)c1ccc(N)cc1. The molecular weight excluding hydrogens is 210 g/mol. The first-order chi connectivity index (χ1) is 7.51. The number of hydrogen-bond donors (Lipinski definition) is 1. The van der Waals surface area contributed by atoms with Crippen LogP contribution in [0.3, 0.4) is 0 Å². The number of likely N-dealkylation sites (N-methyl/N-ethyl adjacent to an activating group) is 1. The molecule has 16 heavy (non-hydrogen) atoms. The zero-order valence-electron chi connectivity index (χ0n) is 9.29. The lowest BCUT2D eigenvalue weighted by atomic mass is 9.99. The van der Waals surface area contributed by atoms with Gasteiger partial charge in [0.25, 0.3) is 5.92 Å². The maximum absolute atomic E-state index is 14.2. The summed E-state index contributed by atoms with van der Waals surface area (Å²) in [5.41, 5.74) is 6.06. The molecule has 2 N–H and O–H groups in total. The number of likely N-dealkylation sites (tertiary alicyclic amines) is 1. The standard InChI is InChI=1S/C12H16F2N2/c1-16-8-2-3-11(16)12(13,14)9-4-6-10(15)7-5-9/h4-7,11H,2-3,8,15H2,1H3. The first-order valence-electron chi connectivity index (χ1n) is 5.46. The van der Waals surface area contributed by atoms with E-state index >= 15 is 0 Å². The Morgan fingerprint density at radius 3 is 2.44 bits per heavy atom. The van der Waals surface area contributed by atoms with Crippen molar-refractivity contribution in [3.8, 4) is 0 Å². The Hall–Kier alpha value is -1.16.